The third-order valence-corrected chi connectivity index (χ3v) is 3.84. The van der Waals surface area contributed by atoms with Crippen LogP contribution in [0.15, 0.2) is 18.2 Å². The molecule has 0 aromatic carbocycles. The molecular formula is C14H17N3O2. The number of aromatic carboxylic acids is 1. The Morgan fingerprint density at radius 2 is 2.26 bits per heavy atom. The van der Waals surface area contributed by atoms with E-state index >= 15 is 0 Å². The van der Waals surface area contributed by atoms with Crippen LogP contribution in [0.1, 0.15) is 34.3 Å². The molecule has 0 saturated carbocycles. The van der Waals surface area contributed by atoms with Gasteiger partial charge >= 0.3 is 5.97 Å². The average Bonchev–Trinajstić information content (AvgIpc) is 2.93. The first-order valence-corrected chi connectivity index (χ1v) is 6.47. The molecule has 5 nitrogen and oxygen atoms in total. The number of carboxylic acids is 1. The fourth-order valence-electron chi connectivity index (χ4n) is 2.91. The first-order valence-electron chi connectivity index (χ1n) is 6.47. The molecule has 1 aliphatic rings. The van der Waals surface area contributed by atoms with Crippen molar-refractivity contribution in [2.75, 3.05) is 20.1 Å². The highest BCUT2D eigenvalue weighted by Crippen LogP contribution is 2.28. The summed E-state index contributed by atoms with van der Waals surface area (Å²) >= 11 is 0. The van der Waals surface area contributed by atoms with Crippen LogP contribution in [0.4, 0.5) is 0 Å². The minimum absolute atomic E-state index is 0.160. The monoisotopic (exact) mass is 259 g/mol. The summed E-state index contributed by atoms with van der Waals surface area (Å²) in [5.74, 6) is 0.238. The van der Waals surface area contributed by atoms with Crippen LogP contribution in [0.3, 0.4) is 0 Å². The van der Waals surface area contributed by atoms with E-state index in [1.807, 2.05) is 29.5 Å². The third-order valence-electron chi connectivity index (χ3n) is 3.84. The van der Waals surface area contributed by atoms with Crippen LogP contribution in [0.2, 0.25) is 0 Å². The Kier molecular flexibility index (Phi) is 2.78. The minimum atomic E-state index is -0.958. The number of aryl methyl sites for hydroxylation is 1. The van der Waals surface area contributed by atoms with Crippen molar-refractivity contribution in [1.82, 2.24) is 14.3 Å². The Hall–Kier alpha value is -1.88. The van der Waals surface area contributed by atoms with Gasteiger partial charge < -0.3 is 10.0 Å². The molecule has 3 heterocycles. The lowest BCUT2D eigenvalue weighted by Gasteiger charge is -2.11. The Balaban J connectivity index is 2.21. The first kappa shape index (κ1) is 12.2. The van der Waals surface area contributed by atoms with Gasteiger partial charge in [-0.05, 0) is 39.1 Å². The van der Waals surface area contributed by atoms with Crippen molar-refractivity contribution in [3.63, 3.8) is 0 Å². The molecule has 2 aromatic rings. The number of fused-ring (bicyclic) bond motifs is 1. The van der Waals surface area contributed by atoms with Crippen molar-refractivity contribution in [1.29, 1.82) is 0 Å². The minimum Gasteiger partial charge on any atom is -0.476 e. The smallest absolute Gasteiger partial charge is 0.356 e. The van der Waals surface area contributed by atoms with Crippen molar-refractivity contribution < 1.29 is 9.90 Å². The van der Waals surface area contributed by atoms with Gasteiger partial charge in [-0.2, -0.15) is 0 Å². The number of hydrogen-bond acceptors (Lipinski definition) is 3. The molecule has 1 saturated heterocycles. The molecule has 0 amide bonds. The molecule has 1 fully saturated rings. The number of carbonyl (C=O) groups is 1. The van der Waals surface area contributed by atoms with Gasteiger partial charge in [0, 0.05) is 18.2 Å². The lowest BCUT2D eigenvalue weighted by Crippen LogP contribution is -2.14. The average molecular weight is 259 g/mol. The summed E-state index contributed by atoms with van der Waals surface area (Å²) in [4.78, 5) is 18.0. The lowest BCUT2D eigenvalue weighted by atomic mass is 10.1. The second kappa shape index (κ2) is 4.35. The van der Waals surface area contributed by atoms with Crippen molar-refractivity contribution in [2.45, 2.75) is 19.3 Å². The zero-order chi connectivity index (χ0) is 13.6. The summed E-state index contributed by atoms with van der Waals surface area (Å²) < 4.78 is 1.99. The van der Waals surface area contributed by atoms with E-state index in [-0.39, 0.29) is 5.69 Å². The fourth-order valence-corrected chi connectivity index (χ4v) is 2.91. The van der Waals surface area contributed by atoms with Gasteiger partial charge in [-0.1, -0.05) is 6.07 Å². The van der Waals surface area contributed by atoms with Crippen LogP contribution in [-0.4, -0.2) is 45.5 Å². The second-order valence-corrected chi connectivity index (χ2v) is 5.26. The van der Waals surface area contributed by atoms with E-state index in [1.165, 1.54) is 0 Å². The van der Waals surface area contributed by atoms with Crippen LogP contribution >= 0.6 is 0 Å². The Bertz CT molecular complexity index is 647. The maximum atomic E-state index is 11.3. The number of nitrogens with zero attached hydrogens (tertiary/aromatic N) is 3. The van der Waals surface area contributed by atoms with Crippen molar-refractivity contribution in [2.24, 2.45) is 0 Å². The number of hydrogen-bond donors (Lipinski definition) is 1. The molecule has 1 atom stereocenters. The molecule has 0 spiro atoms. The molecule has 1 N–H and O–H groups in total. The van der Waals surface area contributed by atoms with Crippen LogP contribution < -0.4 is 0 Å². The van der Waals surface area contributed by atoms with Gasteiger partial charge in [0.2, 0.25) is 0 Å². The quantitative estimate of drug-likeness (QED) is 0.892. The van der Waals surface area contributed by atoms with Crippen LogP contribution in [0, 0.1) is 6.92 Å². The lowest BCUT2D eigenvalue weighted by molar-refractivity contribution is 0.0693. The molecule has 1 unspecified atom stereocenters. The zero-order valence-electron chi connectivity index (χ0n) is 11.1. The van der Waals surface area contributed by atoms with E-state index < -0.39 is 5.97 Å². The van der Waals surface area contributed by atoms with E-state index in [1.54, 1.807) is 0 Å². The second-order valence-electron chi connectivity index (χ2n) is 5.26. The molecule has 1 aliphatic heterocycles. The SMILES string of the molecule is Cc1cccc2c(C(=O)O)nc(C3CCN(C)C3)n12. The molecule has 0 bridgehead atoms. The standard InChI is InChI=1S/C14H17N3O2/c1-9-4-3-5-11-12(14(18)19)15-13(17(9)11)10-6-7-16(2)8-10/h3-5,10H,6-8H2,1-2H3,(H,18,19). The van der Waals surface area contributed by atoms with Gasteiger partial charge in [0.1, 0.15) is 5.82 Å². The predicted octanol–water partition coefficient (Wildman–Crippen LogP) is 1.76. The van der Waals surface area contributed by atoms with Crippen LogP contribution in [0.25, 0.3) is 5.52 Å². The maximum absolute atomic E-state index is 11.3. The van der Waals surface area contributed by atoms with Gasteiger partial charge in [0.15, 0.2) is 5.69 Å². The number of imidazole rings is 1. The molecule has 19 heavy (non-hydrogen) atoms. The highest BCUT2D eigenvalue weighted by Gasteiger charge is 2.28. The van der Waals surface area contributed by atoms with Gasteiger partial charge in [-0.25, -0.2) is 9.78 Å². The molecule has 3 rings (SSSR count). The van der Waals surface area contributed by atoms with E-state index in [4.69, 9.17) is 0 Å². The van der Waals surface area contributed by atoms with Gasteiger partial charge in [0.25, 0.3) is 0 Å². The van der Waals surface area contributed by atoms with Crippen molar-refractivity contribution in [3.05, 3.63) is 35.4 Å². The number of likely N-dealkylation sites (N-methyl/N-ethyl adjacent to an activating group) is 1. The number of likely N-dealkylation sites (tertiary alicyclic amines) is 1. The predicted molar refractivity (Wildman–Crippen MR) is 71.7 cm³/mol. The highest BCUT2D eigenvalue weighted by molar-refractivity contribution is 5.93. The van der Waals surface area contributed by atoms with E-state index in [9.17, 15) is 9.90 Å². The topological polar surface area (TPSA) is 57.8 Å². The summed E-state index contributed by atoms with van der Waals surface area (Å²) in [6, 6.07) is 5.69. The Labute approximate surface area is 111 Å². The van der Waals surface area contributed by atoms with Crippen LogP contribution in [-0.2, 0) is 0 Å². The third kappa shape index (κ3) is 1.90. The summed E-state index contributed by atoms with van der Waals surface area (Å²) in [5.41, 5.74) is 1.88. The summed E-state index contributed by atoms with van der Waals surface area (Å²) in [5, 5.41) is 9.30. The maximum Gasteiger partial charge on any atom is 0.356 e. The van der Waals surface area contributed by atoms with Gasteiger partial charge in [-0.3, -0.25) is 4.40 Å². The molecule has 100 valence electrons. The highest BCUT2D eigenvalue weighted by atomic mass is 16.4. The molecule has 0 radical (unpaired) electrons. The Morgan fingerprint density at radius 3 is 2.89 bits per heavy atom. The summed E-state index contributed by atoms with van der Waals surface area (Å²) in [6.07, 6.45) is 1.03. The summed E-state index contributed by atoms with van der Waals surface area (Å²) in [7, 11) is 2.08. The Morgan fingerprint density at radius 1 is 1.47 bits per heavy atom. The molecule has 5 heteroatoms. The fraction of sp³-hybridized carbons (Fsp3) is 0.429. The molecule has 2 aromatic heterocycles. The zero-order valence-corrected chi connectivity index (χ0v) is 11.1. The van der Waals surface area contributed by atoms with E-state index in [2.05, 4.69) is 16.9 Å². The molecule has 0 aliphatic carbocycles. The first-order chi connectivity index (χ1) is 9.08. The summed E-state index contributed by atoms with van der Waals surface area (Å²) in [6.45, 7) is 3.96. The van der Waals surface area contributed by atoms with Crippen molar-refractivity contribution in [3.8, 4) is 0 Å². The number of rotatable bonds is 2. The largest absolute Gasteiger partial charge is 0.476 e. The number of carboxylic acid groups (broad SMARTS) is 1. The van der Waals surface area contributed by atoms with Gasteiger partial charge in [-0.15, -0.1) is 0 Å². The normalized spacial score (nSPS) is 20.2. The van der Waals surface area contributed by atoms with Crippen molar-refractivity contribution >= 4 is 11.5 Å². The van der Waals surface area contributed by atoms with E-state index in [0.29, 0.717) is 11.4 Å². The number of pyridine rings is 1. The van der Waals surface area contributed by atoms with E-state index in [0.717, 1.165) is 31.0 Å². The number of aromatic nitrogens is 2. The van der Waals surface area contributed by atoms with Gasteiger partial charge in [0.05, 0.1) is 5.52 Å². The van der Waals surface area contributed by atoms with Crippen LogP contribution in [0.5, 0.6) is 0 Å². The molecular weight excluding hydrogens is 242 g/mol.